The van der Waals surface area contributed by atoms with Gasteiger partial charge in [-0.15, -0.1) is 0 Å². The van der Waals surface area contributed by atoms with Crippen molar-refractivity contribution in [1.29, 1.82) is 5.26 Å². The van der Waals surface area contributed by atoms with E-state index < -0.39 is 0 Å². The summed E-state index contributed by atoms with van der Waals surface area (Å²) in [5.41, 5.74) is 1.22. The first-order valence-electron chi connectivity index (χ1n) is 8.30. The van der Waals surface area contributed by atoms with Crippen LogP contribution in [-0.4, -0.2) is 59.1 Å². The number of carbonyl (C=O) groups is 1. The Morgan fingerprint density at radius 3 is 2.92 bits per heavy atom. The summed E-state index contributed by atoms with van der Waals surface area (Å²) in [6.07, 6.45) is 3.56. The Morgan fingerprint density at radius 1 is 1.29 bits per heavy atom. The van der Waals surface area contributed by atoms with E-state index in [9.17, 15) is 10.1 Å². The first kappa shape index (κ1) is 15.0. The molecule has 0 N–H and O–H groups in total. The van der Waals surface area contributed by atoms with Crippen molar-refractivity contribution in [2.75, 3.05) is 37.7 Å². The zero-order valence-electron chi connectivity index (χ0n) is 13.4. The molecule has 2 fully saturated rings. The highest BCUT2D eigenvalue weighted by Crippen LogP contribution is 2.29. The van der Waals surface area contributed by atoms with Crippen LogP contribution in [0.4, 0.5) is 5.82 Å². The molecule has 0 bridgehead atoms. The van der Waals surface area contributed by atoms with Crippen LogP contribution in [0.2, 0.25) is 0 Å². The Balaban J connectivity index is 1.68. The Kier molecular flexibility index (Phi) is 3.82. The number of ether oxygens (including phenoxy) is 1. The number of pyridine rings is 1. The molecule has 2 aliphatic rings. The van der Waals surface area contributed by atoms with E-state index in [4.69, 9.17) is 4.74 Å². The fraction of sp³-hybridized carbons (Fsp3) is 0.471. The summed E-state index contributed by atoms with van der Waals surface area (Å²) in [7, 11) is 0. The van der Waals surface area contributed by atoms with E-state index in [1.807, 2.05) is 34.2 Å². The summed E-state index contributed by atoms with van der Waals surface area (Å²) >= 11 is 0. The van der Waals surface area contributed by atoms with Gasteiger partial charge in [0.25, 0.3) is 0 Å². The van der Waals surface area contributed by atoms with Gasteiger partial charge in [-0.05, 0) is 25.0 Å². The molecule has 2 aromatic rings. The van der Waals surface area contributed by atoms with Crippen molar-refractivity contribution in [3.05, 3.63) is 30.1 Å². The molecule has 4 rings (SSSR count). The van der Waals surface area contributed by atoms with E-state index in [-0.39, 0.29) is 11.9 Å². The summed E-state index contributed by atoms with van der Waals surface area (Å²) in [5, 5.41) is 9.59. The number of morpholine rings is 1. The zero-order valence-corrected chi connectivity index (χ0v) is 13.4. The Labute approximate surface area is 140 Å². The molecule has 2 aromatic heterocycles. The van der Waals surface area contributed by atoms with Gasteiger partial charge in [0.1, 0.15) is 17.8 Å². The molecule has 7 nitrogen and oxygen atoms in total. The largest absolute Gasteiger partial charge is 0.378 e. The second-order valence-electron chi connectivity index (χ2n) is 6.11. The number of nitrogens with zero attached hydrogens (tertiary/aromatic N) is 5. The van der Waals surface area contributed by atoms with E-state index >= 15 is 0 Å². The lowest BCUT2D eigenvalue weighted by Gasteiger charge is -2.32. The van der Waals surface area contributed by atoms with Gasteiger partial charge in [-0.2, -0.15) is 5.26 Å². The van der Waals surface area contributed by atoms with Gasteiger partial charge >= 0.3 is 0 Å². The third-order valence-electron chi connectivity index (χ3n) is 4.75. The van der Waals surface area contributed by atoms with Crippen LogP contribution in [-0.2, 0) is 9.53 Å². The number of aromatic nitrogens is 2. The Morgan fingerprint density at radius 2 is 2.12 bits per heavy atom. The molecular formula is C17H19N5O2. The highest BCUT2D eigenvalue weighted by molar-refractivity contribution is 5.86. The minimum Gasteiger partial charge on any atom is -0.378 e. The van der Waals surface area contributed by atoms with Crippen LogP contribution in [0, 0.1) is 11.3 Å². The third kappa shape index (κ3) is 2.39. The lowest BCUT2D eigenvalue weighted by Crippen LogP contribution is -2.50. The summed E-state index contributed by atoms with van der Waals surface area (Å²) in [6, 6.07) is 7.66. The number of anilines is 1. The molecule has 0 saturated carbocycles. The van der Waals surface area contributed by atoms with Gasteiger partial charge in [-0.25, -0.2) is 4.98 Å². The maximum Gasteiger partial charge on any atom is 0.245 e. The zero-order chi connectivity index (χ0) is 16.5. The molecule has 2 saturated heterocycles. The monoisotopic (exact) mass is 325 g/mol. The second kappa shape index (κ2) is 6.13. The van der Waals surface area contributed by atoms with Crippen LogP contribution >= 0.6 is 0 Å². The Bertz CT molecular complexity index is 803. The van der Waals surface area contributed by atoms with Crippen LogP contribution in [0.1, 0.15) is 18.5 Å². The lowest BCUT2D eigenvalue weighted by atomic mass is 10.2. The average Bonchev–Trinajstić information content (AvgIpc) is 3.25. The minimum atomic E-state index is -0.236. The fourth-order valence-corrected chi connectivity index (χ4v) is 3.56. The molecule has 2 aliphatic heterocycles. The minimum absolute atomic E-state index is 0.122. The van der Waals surface area contributed by atoms with E-state index in [0.29, 0.717) is 37.8 Å². The van der Waals surface area contributed by atoms with Crippen LogP contribution in [0.15, 0.2) is 24.4 Å². The van der Waals surface area contributed by atoms with E-state index in [2.05, 4.69) is 11.1 Å². The van der Waals surface area contributed by atoms with Crippen LogP contribution in [0.25, 0.3) is 5.65 Å². The number of amides is 1. The molecule has 0 spiro atoms. The maximum atomic E-state index is 12.9. The standard InChI is InChI=1S/C17H19N5O2/c18-12-14-16(19-15-5-1-2-6-21(14)15)22-7-3-4-13(22)17(23)20-8-10-24-11-9-20/h1-2,5-6,13H,3-4,7-11H2. The predicted molar refractivity (Wildman–Crippen MR) is 87.7 cm³/mol. The number of hydrogen-bond donors (Lipinski definition) is 0. The molecular weight excluding hydrogens is 306 g/mol. The number of carbonyl (C=O) groups excluding carboxylic acids is 1. The highest BCUT2D eigenvalue weighted by atomic mass is 16.5. The predicted octanol–water partition coefficient (Wildman–Crippen LogP) is 1.03. The first-order valence-corrected chi connectivity index (χ1v) is 8.30. The van der Waals surface area contributed by atoms with Gasteiger partial charge in [-0.1, -0.05) is 6.07 Å². The van der Waals surface area contributed by atoms with Crippen molar-refractivity contribution in [3.63, 3.8) is 0 Å². The van der Waals surface area contributed by atoms with Gasteiger partial charge in [0.05, 0.1) is 13.2 Å². The molecule has 1 atom stereocenters. The topological polar surface area (TPSA) is 73.9 Å². The molecule has 124 valence electrons. The molecule has 0 aliphatic carbocycles. The molecule has 24 heavy (non-hydrogen) atoms. The number of imidazole rings is 1. The van der Waals surface area contributed by atoms with E-state index in [1.54, 1.807) is 4.40 Å². The van der Waals surface area contributed by atoms with E-state index in [0.717, 1.165) is 25.0 Å². The van der Waals surface area contributed by atoms with Gasteiger partial charge < -0.3 is 14.5 Å². The summed E-state index contributed by atoms with van der Waals surface area (Å²) < 4.78 is 7.12. The molecule has 4 heterocycles. The van der Waals surface area contributed by atoms with Crippen LogP contribution in [0.3, 0.4) is 0 Å². The van der Waals surface area contributed by atoms with Gasteiger partial charge in [0.15, 0.2) is 11.5 Å². The van der Waals surface area contributed by atoms with Gasteiger partial charge in [-0.3, -0.25) is 9.20 Å². The fourth-order valence-electron chi connectivity index (χ4n) is 3.56. The smallest absolute Gasteiger partial charge is 0.245 e. The molecule has 0 aromatic carbocycles. The molecule has 1 unspecified atom stereocenters. The van der Waals surface area contributed by atoms with Crippen molar-refractivity contribution < 1.29 is 9.53 Å². The number of nitriles is 1. The number of fused-ring (bicyclic) bond motifs is 1. The highest BCUT2D eigenvalue weighted by Gasteiger charge is 2.36. The van der Waals surface area contributed by atoms with Crippen LogP contribution in [0.5, 0.6) is 0 Å². The number of rotatable bonds is 2. The summed E-state index contributed by atoms with van der Waals surface area (Å²) in [4.78, 5) is 21.4. The van der Waals surface area contributed by atoms with Gasteiger partial charge in [0, 0.05) is 25.8 Å². The second-order valence-corrected chi connectivity index (χ2v) is 6.11. The molecule has 1 amide bonds. The summed E-state index contributed by atoms with van der Waals surface area (Å²) in [5.74, 6) is 0.740. The third-order valence-corrected chi connectivity index (χ3v) is 4.75. The van der Waals surface area contributed by atoms with E-state index in [1.165, 1.54) is 0 Å². The Hall–Kier alpha value is -2.59. The molecule has 7 heteroatoms. The normalized spacial score (nSPS) is 21.2. The quantitative estimate of drug-likeness (QED) is 0.824. The van der Waals surface area contributed by atoms with Crippen molar-refractivity contribution >= 4 is 17.4 Å². The molecule has 0 radical (unpaired) electrons. The van der Waals surface area contributed by atoms with Crippen molar-refractivity contribution in [3.8, 4) is 6.07 Å². The van der Waals surface area contributed by atoms with Crippen molar-refractivity contribution in [1.82, 2.24) is 14.3 Å². The van der Waals surface area contributed by atoms with Crippen LogP contribution < -0.4 is 4.90 Å². The lowest BCUT2D eigenvalue weighted by molar-refractivity contribution is -0.136. The maximum absolute atomic E-state index is 12.9. The average molecular weight is 325 g/mol. The SMILES string of the molecule is N#Cc1c(N2CCCC2C(=O)N2CCOCC2)nc2ccccn12. The van der Waals surface area contributed by atoms with Gasteiger partial charge in [0.2, 0.25) is 5.91 Å². The first-order chi connectivity index (χ1) is 11.8. The summed E-state index contributed by atoms with van der Waals surface area (Å²) in [6.45, 7) is 3.21. The van der Waals surface area contributed by atoms with Crippen molar-refractivity contribution in [2.24, 2.45) is 0 Å². The van der Waals surface area contributed by atoms with Crippen molar-refractivity contribution in [2.45, 2.75) is 18.9 Å². The number of hydrogen-bond acceptors (Lipinski definition) is 5.